The summed E-state index contributed by atoms with van der Waals surface area (Å²) in [5.74, 6) is -0.301. The number of urea groups is 1. The molecular formula is C12H22N2O3. The van der Waals surface area contributed by atoms with Gasteiger partial charge in [-0.3, -0.25) is 0 Å². The van der Waals surface area contributed by atoms with Gasteiger partial charge in [-0.1, -0.05) is 0 Å². The van der Waals surface area contributed by atoms with Crippen molar-refractivity contribution in [2.45, 2.75) is 45.3 Å². The van der Waals surface area contributed by atoms with Gasteiger partial charge in [0.05, 0.1) is 0 Å². The molecule has 0 aromatic heterocycles. The molecule has 0 aromatic rings. The highest BCUT2D eigenvalue weighted by molar-refractivity contribution is 5.84. The minimum absolute atomic E-state index is 0.127. The first kappa shape index (κ1) is 13.8. The van der Waals surface area contributed by atoms with Crippen LogP contribution in [0.4, 0.5) is 4.79 Å². The molecular weight excluding hydrogens is 220 g/mol. The first-order valence-electron chi connectivity index (χ1n) is 5.93. The van der Waals surface area contributed by atoms with E-state index < -0.39 is 11.6 Å². The van der Waals surface area contributed by atoms with Crippen LogP contribution in [-0.4, -0.2) is 54.1 Å². The lowest BCUT2D eigenvalue weighted by Crippen LogP contribution is -2.47. The average molecular weight is 242 g/mol. The Morgan fingerprint density at radius 3 is 2.35 bits per heavy atom. The first-order valence-corrected chi connectivity index (χ1v) is 5.93. The van der Waals surface area contributed by atoms with Gasteiger partial charge in [-0.2, -0.15) is 0 Å². The highest BCUT2D eigenvalue weighted by Gasteiger charge is 2.37. The predicted molar refractivity (Wildman–Crippen MR) is 64.7 cm³/mol. The third-order valence-electron chi connectivity index (χ3n) is 2.56. The van der Waals surface area contributed by atoms with Crippen LogP contribution in [0.15, 0.2) is 0 Å². The molecule has 5 nitrogen and oxygen atoms in total. The Labute approximate surface area is 103 Å². The van der Waals surface area contributed by atoms with Crippen molar-refractivity contribution >= 4 is 12.0 Å². The lowest BCUT2D eigenvalue weighted by Gasteiger charge is -2.29. The zero-order valence-corrected chi connectivity index (χ0v) is 11.3. The van der Waals surface area contributed by atoms with E-state index in [0.717, 1.165) is 6.42 Å². The molecule has 0 spiro atoms. The molecule has 1 fully saturated rings. The second-order valence-corrected chi connectivity index (χ2v) is 5.56. The summed E-state index contributed by atoms with van der Waals surface area (Å²) in [6.07, 6.45) is 1.54. The summed E-state index contributed by atoms with van der Waals surface area (Å²) in [7, 11) is 3.37. The van der Waals surface area contributed by atoms with E-state index in [0.29, 0.717) is 13.0 Å². The standard InChI is InChI=1S/C12H22N2O3/c1-12(2,3)17-10(15)9-7-6-8-14(9)11(16)13(4)5/h9H,6-8H2,1-5H3/t9-/m1/s1. The number of hydrogen-bond donors (Lipinski definition) is 0. The van der Waals surface area contributed by atoms with E-state index in [1.165, 1.54) is 4.90 Å². The monoisotopic (exact) mass is 242 g/mol. The molecule has 0 unspecified atom stereocenters. The topological polar surface area (TPSA) is 49.9 Å². The molecule has 1 rings (SSSR count). The maximum atomic E-state index is 12.0. The fraction of sp³-hybridized carbons (Fsp3) is 0.833. The second kappa shape index (κ2) is 4.94. The van der Waals surface area contributed by atoms with Crippen molar-refractivity contribution in [2.75, 3.05) is 20.6 Å². The lowest BCUT2D eigenvalue weighted by atomic mass is 10.1. The molecule has 0 saturated carbocycles. The van der Waals surface area contributed by atoms with Crippen LogP contribution in [0.3, 0.4) is 0 Å². The summed E-state index contributed by atoms with van der Waals surface area (Å²) in [5.41, 5.74) is -0.507. The fourth-order valence-electron chi connectivity index (χ4n) is 1.87. The van der Waals surface area contributed by atoms with E-state index in [1.54, 1.807) is 19.0 Å². The number of ether oxygens (including phenoxy) is 1. The van der Waals surface area contributed by atoms with E-state index in [4.69, 9.17) is 4.74 Å². The predicted octanol–water partition coefficient (Wildman–Crippen LogP) is 1.47. The smallest absolute Gasteiger partial charge is 0.329 e. The maximum absolute atomic E-state index is 12.0. The van der Waals surface area contributed by atoms with Crippen LogP contribution in [0.25, 0.3) is 0 Å². The molecule has 17 heavy (non-hydrogen) atoms. The first-order chi connectivity index (χ1) is 7.72. The number of hydrogen-bond acceptors (Lipinski definition) is 3. The summed E-state index contributed by atoms with van der Waals surface area (Å²) in [6.45, 7) is 6.12. The van der Waals surface area contributed by atoms with Crippen molar-refractivity contribution in [1.29, 1.82) is 0 Å². The zero-order valence-electron chi connectivity index (χ0n) is 11.3. The summed E-state index contributed by atoms with van der Waals surface area (Å²) in [4.78, 5) is 26.9. The normalized spacial score (nSPS) is 20.3. The van der Waals surface area contributed by atoms with Crippen molar-refractivity contribution in [2.24, 2.45) is 0 Å². The Balaban J connectivity index is 2.70. The minimum Gasteiger partial charge on any atom is -0.458 e. The van der Waals surface area contributed by atoms with Crippen LogP contribution in [0.1, 0.15) is 33.6 Å². The molecule has 0 N–H and O–H groups in total. The SMILES string of the molecule is CN(C)C(=O)N1CCC[C@@H]1C(=O)OC(C)(C)C. The van der Waals surface area contributed by atoms with Crippen LogP contribution >= 0.6 is 0 Å². The molecule has 1 heterocycles. The van der Waals surface area contributed by atoms with Gasteiger partial charge < -0.3 is 14.5 Å². The fourth-order valence-corrected chi connectivity index (χ4v) is 1.87. The van der Waals surface area contributed by atoms with Gasteiger partial charge in [-0.15, -0.1) is 0 Å². The lowest BCUT2D eigenvalue weighted by molar-refractivity contribution is -0.159. The van der Waals surface area contributed by atoms with Gasteiger partial charge in [0.15, 0.2) is 0 Å². The molecule has 1 aliphatic rings. The molecule has 1 aliphatic heterocycles. The van der Waals surface area contributed by atoms with E-state index in [9.17, 15) is 9.59 Å². The number of rotatable bonds is 1. The van der Waals surface area contributed by atoms with Crippen molar-refractivity contribution in [3.05, 3.63) is 0 Å². The third kappa shape index (κ3) is 3.61. The van der Waals surface area contributed by atoms with Crippen molar-refractivity contribution < 1.29 is 14.3 Å². The highest BCUT2D eigenvalue weighted by Crippen LogP contribution is 2.21. The Bertz CT molecular complexity index is 307. The summed E-state index contributed by atoms with van der Waals surface area (Å²) >= 11 is 0. The molecule has 0 radical (unpaired) electrons. The van der Waals surface area contributed by atoms with E-state index in [1.807, 2.05) is 20.8 Å². The molecule has 1 saturated heterocycles. The Kier molecular flexibility index (Phi) is 4.01. The minimum atomic E-state index is -0.507. The van der Waals surface area contributed by atoms with Gasteiger partial charge in [0.2, 0.25) is 0 Å². The van der Waals surface area contributed by atoms with Gasteiger partial charge in [-0.05, 0) is 33.6 Å². The number of likely N-dealkylation sites (tertiary alicyclic amines) is 1. The van der Waals surface area contributed by atoms with Crippen LogP contribution in [-0.2, 0) is 9.53 Å². The van der Waals surface area contributed by atoms with Gasteiger partial charge in [0.25, 0.3) is 0 Å². The van der Waals surface area contributed by atoms with Crippen molar-refractivity contribution in [3.63, 3.8) is 0 Å². The largest absolute Gasteiger partial charge is 0.458 e. The molecule has 1 atom stereocenters. The molecule has 0 aliphatic carbocycles. The molecule has 0 aromatic carbocycles. The number of esters is 1. The zero-order chi connectivity index (χ0) is 13.2. The van der Waals surface area contributed by atoms with Crippen LogP contribution in [0, 0.1) is 0 Å². The molecule has 98 valence electrons. The highest BCUT2D eigenvalue weighted by atomic mass is 16.6. The Morgan fingerprint density at radius 1 is 1.29 bits per heavy atom. The van der Waals surface area contributed by atoms with E-state index in [-0.39, 0.29) is 12.0 Å². The van der Waals surface area contributed by atoms with Crippen LogP contribution in [0.5, 0.6) is 0 Å². The van der Waals surface area contributed by atoms with Crippen LogP contribution in [0.2, 0.25) is 0 Å². The molecule has 0 bridgehead atoms. The number of carbonyl (C=O) groups excluding carboxylic acids is 2. The summed E-state index contributed by atoms with van der Waals surface area (Å²) in [6, 6.07) is -0.553. The van der Waals surface area contributed by atoms with Gasteiger partial charge >= 0.3 is 12.0 Å². The average Bonchev–Trinajstić information content (AvgIpc) is 2.61. The quantitative estimate of drug-likeness (QED) is 0.654. The second-order valence-electron chi connectivity index (χ2n) is 5.56. The maximum Gasteiger partial charge on any atom is 0.329 e. The van der Waals surface area contributed by atoms with Crippen molar-refractivity contribution in [1.82, 2.24) is 9.80 Å². The Morgan fingerprint density at radius 2 is 1.88 bits per heavy atom. The van der Waals surface area contributed by atoms with E-state index in [2.05, 4.69) is 0 Å². The van der Waals surface area contributed by atoms with E-state index >= 15 is 0 Å². The van der Waals surface area contributed by atoms with Gasteiger partial charge in [0.1, 0.15) is 11.6 Å². The van der Waals surface area contributed by atoms with Gasteiger partial charge in [0, 0.05) is 20.6 Å². The Hall–Kier alpha value is -1.26. The number of carbonyl (C=O) groups is 2. The summed E-state index contributed by atoms with van der Waals surface area (Å²) < 4.78 is 5.33. The van der Waals surface area contributed by atoms with Crippen molar-refractivity contribution in [3.8, 4) is 0 Å². The number of amides is 2. The number of nitrogens with zero attached hydrogens (tertiary/aromatic N) is 2. The molecule has 5 heteroatoms. The van der Waals surface area contributed by atoms with Crippen LogP contribution < -0.4 is 0 Å². The molecule has 2 amide bonds. The third-order valence-corrected chi connectivity index (χ3v) is 2.56. The summed E-state index contributed by atoms with van der Waals surface area (Å²) in [5, 5.41) is 0. The van der Waals surface area contributed by atoms with Gasteiger partial charge in [-0.25, -0.2) is 9.59 Å².